The summed E-state index contributed by atoms with van der Waals surface area (Å²) in [6, 6.07) is 3.62. The van der Waals surface area contributed by atoms with Gasteiger partial charge < -0.3 is 9.15 Å². The van der Waals surface area contributed by atoms with E-state index in [1.807, 2.05) is 6.07 Å². The first kappa shape index (κ1) is 12.7. The third kappa shape index (κ3) is 1.82. The fourth-order valence-electron chi connectivity index (χ4n) is 5.52. The maximum absolute atomic E-state index is 12.2. The van der Waals surface area contributed by atoms with Gasteiger partial charge in [-0.2, -0.15) is 0 Å². The molecule has 4 bridgehead atoms. The molecule has 22 heavy (non-hydrogen) atoms. The Labute approximate surface area is 129 Å². The number of hydrogen-bond donors (Lipinski definition) is 0. The first-order valence-electron chi connectivity index (χ1n) is 8.27. The van der Waals surface area contributed by atoms with Gasteiger partial charge in [-0.3, -0.25) is 0 Å². The molecule has 4 aliphatic carbocycles. The van der Waals surface area contributed by atoms with E-state index in [0.29, 0.717) is 17.4 Å². The van der Waals surface area contributed by atoms with Gasteiger partial charge >= 0.3 is 5.97 Å². The Bertz CT molecular complexity index is 648. The van der Waals surface area contributed by atoms with E-state index in [4.69, 9.17) is 9.15 Å². The summed E-state index contributed by atoms with van der Waals surface area (Å²) in [5, 5.41) is 0. The summed E-state index contributed by atoms with van der Waals surface area (Å²) in [5.41, 5.74) is 0.407. The van der Waals surface area contributed by atoms with Crippen LogP contribution in [0.2, 0.25) is 0 Å². The topological polar surface area (TPSA) is 51.8 Å². The average Bonchev–Trinajstić information content (AvgIpc) is 3.09. The summed E-state index contributed by atoms with van der Waals surface area (Å²) < 4.78 is 10.9. The lowest BCUT2D eigenvalue weighted by atomic mass is 9.49. The number of hydrogen-bond acceptors (Lipinski definition) is 4. The smallest absolute Gasteiger partial charge is 0.363 e. The highest BCUT2D eigenvalue weighted by atomic mass is 16.6. The zero-order valence-corrected chi connectivity index (χ0v) is 12.5. The van der Waals surface area contributed by atoms with Crippen LogP contribution < -0.4 is 0 Å². The third-order valence-electron chi connectivity index (χ3n) is 5.93. The highest BCUT2D eigenvalue weighted by molar-refractivity contribution is 6.08. The molecule has 0 N–H and O–H groups in total. The summed E-state index contributed by atoms with van der Waals surface area (Å²) in [5.74, 6) is 3.43. The second-order valence-electron chi connectivity index (χ2n) is 7.55. The number of aliphatic imine (C=N–C) groups is 1. The number of nitrogens with zero attached hydrogens (tertiary/aromatic N) is 1. The number of cyclic esters (lactones) is 1. The number of furan rings is 1. The SMILES string of the molecule is O=C1OC(C23CC4CC(CC(C4)C2)C3)=NC1=Cc1ccco1. The molecule has 114 valence electrons. The Kier molecular flexibility index (Phi) is 2.50. The van der Waals surface area contributed by atoms with Crippen molar-refractivity contribution in [2.75, 3.05) is 0 Å². The summed E-state index contributed by atoms with van der Waals surface area (Å²) in [6.07, 6.45) is 10.8. The van der Waals surface area contributed by atoms with Crippen molar-refractivity contribution in [3.63, 3.8) is 0 Å². The quantitative estimate of drug-likeness (QED) is 0.616. The van der Waals surface area contributed by atoms with E-state index in [1.54, 1.807) is 18.4 Å². The van der Waals surface area contributed by atoms with Crippen LogP contribution in [0.4, 0.5) is 0 Å². The van der Waals surface area contributed by atoms with Gasteiger partial charge in [0.25, 0.3) is 0 Å². The minimum atomic E-state index is -0.331. The second kappa shape index (κ2) is 4.34. The molecule has 0 atom stereocenters. The zero-order chi connectivity index (χ0) is 14.7. The molecule has 5 aliphatic rings. The summed E-state index contributed by atoms with van der Waals surface area (Å²) in [7, 11) is 0. The molecule has 2 heterocycles. The van der Waals surface area contributed by atoms with Crippen LogP contribution in [0.3, 0.4) is 0 Å². The van der Waals surface area contributed by atoms with Crippen LogP contribution in [0.15, 0.2) is 33.5 Å². The van der Waals surface area contributed by atoms with Gasteiger partial charge in [-0.05, 0) is 68.4 Å². The molecule has 0 saturated heterocycles. The number of carbonyl (C=O) groups is 1. The first-order valence-corrected chi connectivity index (χ1v) is 8.27. The summed E-state index contributed by atoms with van der Waals surface area (Å²) in [6.45, 7) is 0. The minimum absolute atomic E-state index is 0.0309. The van der Waals surface area contributed by atoms with E-state index in [9.17, 15) is 4.79 Å². The molecule has 0 aromatic carbocycles. The Morgan fingerprint density at radius 3 is 2.41 bits per heavy atom. The summed E-state index contributed by atoms with van der Waals surface area (Å²) >= 11 is 0. The van der Waals surface area contributed by atoms with Crippen LogP contribution in [0.5, 0.6) is 0 Å². The van der Waals surface area contributed by atoms with Gasteiger partial charge in [0.1, 0.15) is 5.76 Å². The summed E-state index contributed by atoms with van der Waals surface area (Å²) in [4.78, 5) is 16.7. The van der Waals surface area contributed by atoms with Crippen LogP contribution in [0.25, 0.3) is 6.08 Å². The predicted molar refractivity (Wildman–Crippen MR) is 80.8 cm³/mol. The molecule has 0 spiro atoms. The van der Waals surface area contributed by atoms with E-state index >= 15 is 0 Å². The molecule has 1 aliphatic heterocycles. The number of esters is 1. The monoisotopic (exact) mass is 297 g/mol. The molecule has 4 fully saturated rings. The molecule has 0 amide bonds. The van der Waals surface area contributed by atoms with Crippen LogP contribution in [0, 0.1) is 23.2 Å². The second-order valence-corrected chi connectivity index (χ2v) is 7.55. The highest BCUT2D eigenvalue weighted by Gasteiger charge is 2.55. The fraction of sp³-hybridized carbons (Fsp3) is 0.556. The van der Waals surface area contributed by atoms with Gasteiger partial charge in [0.15, 0.2) is 5.70 Å². The van der Waals surface area contributed by atoms with Crippen LogP contribution in [0.1, 0.15) is 44.3 Å². The van der Waals surface area contributed by atoms with Crippen molar-refractivity contribution in [2.24, 2.45) is 28.2 Å². The van der Waals surface area contributed by atoms with E-state index < -0.39 is 0 Å². The molecular formula is C18H19NO3. The molecule has 0 radical (unpaired) electrons. The lowest BCUT2D eigenvalue weighted by Crippen LogP contribution is -2.50. The van der Waals surface area contributed by atoms with Crippen molar-refractivity contribution in [1.29, 1.82) is 0 Å². The maximum atomic E-state index is 12.2. The van der Waals surface area contributed by atoms with Crippen LogP contribution in [-0.2, 0) is 9.53 Å². The molecule has 0 unspecified atom stereocenters. The van der Waals surface area contributed by atoms with E-state index in [1.165, 1.54) is 19.3 Å². The van der Waals surface area contributed by atoms with Crippen molar-refractivity contribution in [1.82, 2.24) is 0 Å². The molecule has 1 aromatic rings. The van der Waals surface area contributed by atoms with Gasteiger partial charge in [-0.1, -0.05) is 0 Å². The van der Waals surface area contributed by atoms with Crippen LogP contribution >= 0.6 is 0 Å². The van der Waals surface area contributed by atoms with E-state index in [-0.39, 0.29) is 11.4 Å². The van der Waals surface area contributed by atoms with E-state index in [0.717, 1.165) is 37.0 Å². The van der Waals surface area contributed by atoms with Gasteiger partial charge in [0, 0.05) is 11.5 Å². The maximum Gasteiger partial charge on any atom is 0.363 e. The molecule has 1 aromatic heterocycles. The third-order valence-corrected chi connectivity index (χ3v) is 5.93. The number of ether oxygens (including phenoxy) is 1. The molecule has 4 saturated carbocycles. The lowest BCUT2D eigenvalue weighted by molar-refractivity contribution is -0.131. The largest absolute Gasteiger partial charge is 0.465 e. The van der Waals surface area contributed by atoms with Gasteiger partial charge in [-0.15, -0.1) is 0 Å². The molecular weight excluding hydrogens is 278 g/mol. The first-order chi connectivity index (χ1) is 10.7. The fourth-order valence-corrected chi connectivity index (χ4v) is 5.52. The Balaban J connectivity index is 1.50. The van der Waals surface area contributed by atoms with Gasteiger partial charge in [0.2, 0.25) is 5.90 Å². The van der Waals surface area contributed by atoms with E-state index in [2.05, 4.69) is 4.99 Å². The van der Waals surface area contributed by atoms with Crippen molar-refractivity contribution in [3.05, 3.63) is 29.9 Å². The number of carbonyl (C=O) groups excluding carboxylic acids is 1. The number of rotatable bonds is 2. The molecule has 6 rings (SSSR count). The normalized spacial score (nSPS) is 41.1. The Morgan fingerprint density at radius 2 is 1.82 bits per heavy atom. The van der Waals surface area contributed by atoms with Gasteiger partial charge in [0.05, 0.1) is 6.26 Å². The Morgan fingerprint density at radius 1 is 1.14 bits per heavy atom. The van der Waals surface area contributed by atoms with Gasteiger partial charge in [-0.25, -0.2) is 9.79 Å². The van der Waals surface area contributed by atoms with Crippen molar-refractivity contribution >= 4 is 17.9 Å². The minimum Gasteiger partial charge on any atom is -0.465 e. The van der Waals surface area contributed by atoms with Crippen molar-refractivity contribution in [3.8, 4) is 0 Å². The lowest BCUT2D eigenvalue weighted by Gasteiger charge is -2.55. The Hall–Kier alpha value is -1.84. The highest BCUT2D eigenvalue weighted by Crippen LogP contribution is 2.61. The average molecular weight is 297 g/mol. The predicted octanol–water partition coefficient (Wildman–Crippen LogP) is 3.79. The van der Waals surface area contributed by atoms with Crippen molar-refractivity contribution in [2.45, 2.75) is 38.5 Å². The standard InChI is InChI=1S/C18H19NO3/c20-16-15(7-14-2-1-3-21-14)19-17(22-16)18-8-11-4-12(9-18)6-13(5-11)10-18/h1-3,7,11-13H,4-6,8-10H2. The van der Waals surface area contributed by atoms with Crippen LogP contribution in [-0.4, -0.2) is 11.9 Å². The molecule has 4 nitrogen and oxygen atoms in total. The molecule has 4 heteroatoms. The zero-order valence-electron chi connectivity index (χ0n) is 12.5. The van der Waals surface area contributed by atoms with Crippen molar-refractivity contribution < 1.29 is 13.9 Å².